The molecular formula is C16H13N3. The zero-order chi connectivity index (χ0) is 13.0. The standard InChI is InChI=1S/C16H13N3/c1-19-14-3-2-11(16(10-17)5-6-16)8-12(14)13-9-18-7-4-15(13)19/h2-4,7-9H,5-6H2,1H3. The summed E-state index contributed by atoms with van der Waals surface area (Å²) >= 11 is 0. The molecule has 4 rings (SSSR count). The number of rotatable bonds is 1. The number of aryl methyl sites for hydroxylation is 1. The zero-order valence-corrected chi connectivity index (χ0v) is 10.7. The highest BCUT2D eigenvalue weighted by Crippen LogP contribution is 2.48. The van der Waals surface area contributed by atoms with Gasteiger partial charge in [-0.3, -0.25) is 4.98 Å². The van der Waals surface area contributed by atoms with Gasteiger partial charge in [-0.15, -0.1) is 0 Å². The van der Waals surface area contributed by atoms with E-state index < -0.39 is 0 Å². The summed E-state index contributed by atoms with van der Waals surface area (Å²) in [6.07, 6.45) is 5.70. The number of hydrogen-bond donors (Lipinski definition) is 0. The van der Waals surface area contributed by atoms with Crippen LogP contribution in [0.15, 0.2) is 36.7 Å². The van der Waals surface area contributed by atoms with Gasteiger partial charge in [-0.1, -0.05) is 6.07 Å². The van der Waals surface area contributed by atoms with Gasteiger partial charge in [-0.2, -0.15) is 5.26 Å². The van der Waals surface area contributed by atoms with E-state index >= 15 is 0 Å². The van der Waals surface area contributed by atoms with Crippen LogP contribution < -0.4 is 0 Å². The Kier molecular flexibility index (Phi) is 1.87. The molecule has 1 fully saturated rings. The lowest BCUT2D eigenvalue weighted by molar-refractivity contribution is 0.910. The third kappa shape index (κ3) is 1.29. The molecule has 92 valence electrons. The second-order valence-corrected chi connectivity index (χ2v) is 5.38. The first-order valence-electron chi connectivity index (χ1n) is 6.49. The molecule has 3 heteroatoms. The zero-order valence-electron chi connectivity index (χ0n) is 10.7. The summed E-state index contributed by atoms with van der Waals surface area (Å²) in [5, 5.41) is 11.7. The average molecular weight is 247 g/mol. The first-order valence-corrected chi connectivity index (χ1v) is 6.49. The van der Waals surface area contributed by atoms with E-state index in [1.807, 2.05) is 18.5 Å². The van der Waals surface area contributed by atoms with E-state index in [0.717, 1.165) is 23.8 Å². The van der Waals surface area contributed by atoms with Crippen molar-refractivity contribution in [3.05, 3.63) is 42.2 Å². The van der Waals surface area contributed by atoms with Gasteiger partial charge in [0.2, 0.25) is 0 Å². The molecule has 0 atom stereocenters. The van der Waals surface area contributed by atoms with Gasteiger partial charge in [0.15, 0.2) is 0 Å². The quantitative estimate of drug-likeness (QED) is 0.662. The van der Waals surface area contributed by atoms with E-state index in [1.165, 1.54) is 16.4 Å². The van der Waals surface area contributed by atoms with Crippen molar-refractivity contribution in [1.82, 2.24) is 9.55 Å². The van der Waals surface area contributed by atoms with Crippen molar-refractivity contribution in [2.75, 3.05) is 0 Å². The number of fused-ring (bicyclic) bond motifs is 3. The van der Waals surface area contributed by atoms with Gasteiger partial charge in [0.1, 0.15) is 0 Å². The molecule has 1 saturated carbocycles. The second kappa shape index (κ2) is 3.36. The van der Waals surface area contributed by atoms with Gasteiger partial charge in [-0.25, -0.2) is 0 Å². The van der Waals surface area contributed by atoms with Crippen molar-refractivity contribution >= 4 is 21.8 Å². The predicted molar refractivity (Wildman–Crippen MR) is 74.7 cm³/mol. The Morgan fingerprint density at radius 2 is 2.00 bits per heavy atom. The largest absolute Gasteiger partial charge is 0.344 e. The molecule has 0 saturated heterocycles. The number of aromatic nitrogens is 2. The Morgan fingerprint density at radius 3 is 2.74 bits per heavy atom. The fraction of sp³-hybridized carbons (Fsp3) is 0.250. The third-order valence-electron chi connectivity index (χ3n) is 4.32. The minimum atomic E-state index is -0.224. The molecule has 0 unspecified atom stereocenters. The lowest BCUT2D eigenvalue weighted by Gasteiger charge is -2.06. The maximum Gasteiger partial charge on any atom is 0.0824 e. The van der Waals surface area contributed by atoms with Crippen LogP contribution in [-0.4, -0.2) is 9.55 Å². The maximum atomic E-state index is 9.33. The van der Waals surface area contributed by atoms with Gasteiger partial charge in [-0.05, 0) is 36.6 Å². The normalized spacial score (nSPS) is 16.6. The van der Waals surface area contributed by atoms with Crippen LogP contribution in [0.25, 0.3) is 21.8 Å². The topological polar surface area (TPSA) is 41.6 Å². The molecule has 0 N–H and O–H groups in total. The van der Waals surface area contributed by atoms with Crippen LogP contribution in [0, 0.1) is 11.3 Å². The van der Waals surface area contributed by atoms with E-state index in [-0.39, 0.29) is 5.41 Å². The van der Waals surface area contributed by atoms with Crippen LogP contribution in [0.4, 0.5) is 0 Å². The second-order valence-electron chi connectivity index (χ2n) is 5.38. The van der Waals surface area contributed by atoms with E-state index in [1.54, 1.807) is 0 Å². The van der Waals surface area contributed by atoms with E-state index in [4.69, 9.17) is 0 Å². The Hall–Kier alpha value is -2.34. The molecule has 0 spiro atoms. The lowest BCUT2D eigenvalue weighted by Crippen LogP contribution is -2.01. The van der Waals surface area contributed by atoms with Gasteiger partial charge >= 0.3 is 0 Å². The first kappa shape index (κ1) is 10.6. The molecule has 0 amide bonds. The Morgan fingerprint density at radius 1 is 1.21 bits per heavy atom. The average Bonchev–Trinajstić information content (AvgIpc) is 3.22. The summed E-state index contributed by atoms with van der Waals surface area (Å²) in [7, 11) is 2.07. The molecule has 1 aromatic carbocycles. The lowest BCUT2D eigenvalue weighted by atomic mass is 9.96. The van der Waals surface area contributed by atoms with Crippen LogP contribution in [0.3, 0.4) is 0 Å². The molecule has 19 heavy (non-hydrogen) atoms. The molecular weight excluding hydrogens is 234 g/mol. The van der Waals surface area contributed by atoms with Gasteiger partial charge in [0.25, 0.3) is 0 Å². The fourth-order valence-electron chi connectivity index (χ4n) is 2.95. The van der Waals surface area contributed by atoms with E-state index in [2.05, 4.69) is 40.9 Å². The molecule has 1 aliphatic carbocycles. The van der Waals surface area contributed by atoms with Gasteiger partial charge < -0.3 is 4.57 Å². The molecule has 3 aromatic rings. The van der Waals surface area contributed by atoms with Crippen molar-refractivity contribution < 1.29 is 0 Å². The maximum absolute atomic E-state index is 9.33. The molecule has 1 aliphatic rings. The van der Waals surface area contributed by atoms with Gasteiger partial charge in [0.05, 0.1) is 17.0 Å². The van der Waals surface area contributed by atoms with Crippen LogP contribution in [0.1, 0.15) is 18.4 Å². The number of benzene rings is 1. The summed E-state index contributed by atoms with van der Waals surface area (Å²) in [5.74, 6) is 0. The van der Waals surface area contributed by atoms with Crippen molar-refractivity contribution in [3.8, 4) is 6.07 Å². The Bertz CT molecular complexity index is 847. The number of nitriles is 1. The highest BCUT2D eigenvalue weighted by molar-refractivity contribution is 6.07. The van der Waals surface area contributed by atoms with Crippen molar-refractivity contribution in [3.63, 3.8) is 0 Å². The molecule has 0 aliphatic heterocycles. The van der Waals surface area contributed by atoms with Crippen LogP contribution in [0.2, 0.25) is 0 Å². The van der Waals surface area contributed by atoms with Crippen LogP contribution in [-0.2, 0) is 12.5 Å². The van der Waals surface area contributed by atoms with Crippen molar-refractivity contribution in [2.24, 2.45) is 7.05 Å². The summed E-state index contributed by atoms with van der Waals surface area (Å²) in [4.78, 5) is 4.23. The smallest absolute Gasteiger partial charge is 0.0824 e. The summed E-state index contributed by atoms with van der Waals surface area (Å²) in [5.41, 5.74) is 3.31. The number of hydrogen-bond acceptors (Lipinski definition) is 2. The van der Waals surface area contributed by atoms with E-state index in [9.17, 15) is 5.26 Å². The van der Waals surface area contributed by atoms with Crippen molar-refractivity contribution in [2.45, 2.75) is 18.3 Å². The monoisotopic (exact) mass is 247 g/mol. The predicted octanol–water partition coefficient (Wildman–Crippen LogP) is 3.28. The highest BCUT2D eigenvalue weighted by Gasteiger charge is 2.44. The number of pyridine rings is 1. The third-order valence-corrected chi connectivity index (χ3v) is 4.32. The highest BCUT2D eigenvalue weighted by atomic mass is 14.9. The Labute approximate surface area is 111 Å². The summed E-state index contributed by atoms with van der Waals surface area (Å²) in [6.45, 7) is 0. The minimum absolute atomic E-state index is 0.224. The molecule has 0 bridgehead atoms. The molecule has 2 heterocycles. The fourth-order valence-corrected chi connectivity index (χ4v) is 2.95. The first-order chi connectivity index (χ1) is 9.25. The Balaban J connectivity index is 2.09. The van der Waals surface area contributed by atoms with Crippen molar-refractivity contribution in [1.29, 1.82) is 5.26 Å². The SMILES string of the molecule is Cn1c2ccncc2c2cc(C3(C#N)CC3)ccc21. The summed E-state index contributed by atoms with van der Waals surface area (Å²) < 4.78 is 2.18. The summed E-state index contributed by atoms with van der Waals surface area (Å²) in [6, 6.07) is 10.9. The molecule has 2 aromatic heterocycles. The minimum Gasteiger partial charge on any atom is -0.344 e. The van der Waals surface area contributed by atoms with Crippen LogP contribution in [0.5, 0.6) is 0 Å². The molecule has 0 radical (unpaired) electrons. The van der Waals surface area contributed by atoms with Crippen LogP contribution >= 0.6 is 0 Å². The van der Waals surface area contributed by atoms with E-state index in [0.29, 0.717) is 0 Å². The number of nitrogens with zero attached hydrogens (tertiary/aromatic N) is 3. The molecule has 3 nitrogen and oxygen atoms in total. The van der Waals surface area contributed by atoms with Gasteiger partial charge in [0, 0.05) is 35.7 Å².